The van der Waals surface area contributed by atoms with Gasteiger partial charge in [0, 0.05) is 16.1 Å². The van der Waals surface area contributed by atoms with Gasteiger partial charge in [-0.1, -0.05) is 6.07 Å². The van der Waals surface area contributed by atoms with Crippen LogP contribution in [0.25, 0.3) is 0 Å². The molecule has 0 atom stereocenters. The molecule has 0 radical (unpaired) electrons. The summed E-state index contributed by atoms with van der Waals surface area (Å²) in [6.45, 7) is -0.359. The average molecular weight is 318 g/mol. The molecule has 0 saturated heterocycles. The van der Waals surface area contributed by atoms with Crippen molar-refractivity contribution in [3.05, 3.63) is 52.2 Å². The molecule has 0 saturated carbocycles. The van der Waals surface area contributed by atoms with Gasteiger partial charge >= 0.3 is 5.97 Å². The molecule has 22 heavy (non-hydrogen) atoms. The number of benzene rings is 1. The Kier molecular flexibility index (Phi) is 5.26. The zero-order valence-corrected chi connectivity index (χ0v) is 12.4. The Morgan fingerprint density at radius 2 is 1.86 bits per heavy atom. The lowest BCUT2D eigenvalue weighted by Gasteiger charge is -2.06. The van der Waals surface area contributed by atoms with Gasteiger partial charge in [0.05, 0.1) is 6.42 Å². The van der Waals surface area contributed by atoms with E-state index in [9.17, 15) is 14.4 Å². The van der Waals surface area contributed by atoms with E-state index < -0.39 is 17.8 Å². The van der Waals surface area contributed by atoms with Gasteiger partial charge < -0.3 is 15.8 Å². The van der Waals surface area contributed by atoms with Crippen LogP contribution in [0.5, 0.6) is 0 Å². The second-order valence-corrected chi connectivity index (χ2v) is 5.44. The first-order valence-electron chi connectivity index (χ1n) is 6.42. The molecule has 114 valence electrons. The molecular weight excluding hydrogens is 304 g/mol. The quantitative estimate of drug-likeness (QED) is 0.790. The minimum Gasteiger partial charge on any atom is -0.455 e. The number of thiophene rings is 1. The first kappa shape index (κ1) is 15.7. The van der Waals surface area contributed by atoms with E-state index in [1.54, 1.807) is 12.1 Å². The van der Waals surface area contributed by atoms with Gasteiger partial charge in [-0.15, -0.1) is 11.3 Å². The van der Waals surface area contributed by atoms with Crippen LogP contribution in [0.3, 0.4) is 0 Å². The molecule has 3 N–H and O–H groups in total. The highest BCUT2D eigenvalue weighted by Gasteiger charge is 2.09. The van der Waals surface area contributed by atoms with Gasteiger partial charge in [-0.3, -0.25) is 14.4 Å². The van der Waals surface area contributed by atoms with Gasteiger partial charge in [0.1, 0.15) is 0 Å². The van der Waals surface area contributed by atoms with E-state index >= 15 is 0 Å². The molecule has 2 rings (SSSR count). The van der Waals surface area contributed by atoms with Crippen LogP contribution in [-0.4, -0.2) is 24.4 Å². The molecule has 7 heteroatoms. The fourth-order valence-electron chi connectivity index (χ4n) is 1.67. The second-order valence-electron chi connectivity index (χ2n) is 4.41. The molecule has 0 aliphatic heterocycles. The fraction of sp³-hybridized carbons (Fsp3) is 0.133. The molecule has 0 aliphatic rings. The highest BCUT2D eigenvalue weighted by Crippen LogP contribution is 2.10. The number of primary amides is 1. The molecule has 0 fully saturated rings. The number of nitrogens with two attached hydrogens (primary N) is 1. The van der Waals surface area contributed by atoms with Crippen molar-refractivity contribution in [1.29, 1.82) is 0 Å². The number of anilines is 1. The molecule has 0 aliphatic carbocycles. The predicted octanol–water partition coefficient (Wildman–Crippen LogP) is 1.57. The number of hydrogen-bond acceptors (Lipinski definition) is 5. The largest absolute Gasteiger partial charge is 0.455 e. The van der Waals surface area contributed by atoms with Gasteiger partial charge in [-0.2, -0.15) is 0 Å². The summed E-state index contributed by atoms with van der Waals surface area (Å²) in [5.41, 5.74) is 5.96. The summed E-state index contributed by atoms with van der Waals surface area (Å²) < 4.78 is 4.89. The third kappa shape index (κ3) is 4.71. The number of esters is 1. The van der Waals surface area contributed by atoms with Crippen LogP contribution in [0.2, 0.25) is 0 Å². The predicted molar refractivity (Wildman–Crippen MR) is 82.6 cm³/mol. The molecule has 0 spiro atoms. The van der Waals surface area contributed by atoms with E-state index in [2.05, 4.69) is 5.32 Å². The maximum Gasteiger partial charge on any atom is 0.311 e. The Bertz CT molecular complexity index is 665. The molecule has 0 bridgehead atoms. The van der Waals surface area contributed by atoms with Crippen LogP contribution < -0.4 is 11.1 Å². The van der Waals surface area contributed by atoms with Crippen LogP contribution in [0.1, 0.15) is 15.2 Å². The van der Waals surface area contributed by atoms with Crippen molar-refractivity contribution in [2.24, 2.45) is 5.73 Å². The zero-order chi connectivity index (χ0) is 15.9. The Labute approximate surface area is 130 Å². The van der Waals surface area contributed by atoms with E-state index in [0.29, 0.717) is 11.3 Å². The van der Waals surface area contributed by atoms with Crippen LogP contribution in [-0.2, 0) is 20.7 Å². The lowest BCUT2D eigenvalue weighted by Crippen LogP contribution is -2.21. The number of amides is 2. The van der Waals surface area contributed by atoms with Gasteiger partial charge in [0.2, 0.25) is 5.91 Å². The fourth-order valence-corrected chi connectivity index (χ4v) is 2.36. The number of rotatable bonds is 6. The molecule has 0 unspecified atom stereocenters. The van der Waals surface area contributed by atoms with Crippen molar-refractivity contribution in [3.63, 3.8) is 0 Å². The summed E-state index contributed by atoms with van der Waals surface area (Å²) in [4.78, 5) is 35.0. The van der Waals surface area contributed by atoms with Gasteiger partial charge in [-0.05, 0) is 35.7 Å². The summed E-state index contributed by atoms with van der Waals surface area (Å²) in [5.74, 6) is -1.45. The molecule has 6 nitrogen and oxygen atoms in total. The molecule has 1 aromatic carbocycles. The summed E-state index contributed by atoms with van der Waals surface area (Å²) >= 11 is 1.45. The second kappa shape index (κ2) is 7.37. The first-order chi connectivity index (χ1) is 10.5. The zero-order valence-electron chi connectivity index (χ0n) is 11.6. The average Bonchev–Trinajstić information content (AvgIpc) is 2.98. The number of hydrogen-bond donors (Lipinski definition) is 2. The van der Waals surface area contributed by atoms with Crippen molar-refractivity contribution in [2.75, 3.05) is 11.9 Å². The maximum atomic E-state index is 11.7. The van der Waals surface area contributed by atoms with E-state index in [4.69, 9.17) is 10.5 Å². The van der Waals surface area contributed by atoms with Crippen molar-refractivity contribution in [2.45, 2.75) is 6.42 Å². The lowest BCUT2D eigenvalue weighted by molar-refractivity contribution is -0.146. The number of nitrogens with one attached hydrogen (secondary N) is 1. The lowest BCUT2D eigenvalue weighted by atomic mass is 10.2. The van der Waals surface area contributed by atoms with Crippen molar-refractivity contribution < 1.29 is 19.1 Å². The molecule has 1 aromatic heterocycles. The van der Waals surface area contributed by atoms with Crippen LogP contribution >= 0.6 is 11.3 Å². The smallest absolute Gasteiger partial charge is 0.311 e. The Morgan fingerprint density at radius 1 is 1.14 bits per heavy atom. The Balaban J connectivity index is 1.77. The minimum atomic E-state index is -0.541. The van der Waals surface area contributed by atoms with Crippen molar-refractivity contribution >= 4 is 34.8 Å². The van der Waals surface area contributed by atoms with Crippen molar-refractivity contribution in [1.82, 2.24) is 0 Å². The van der Waals surface area contributed by atoms with Gasteiger partial charge in [0.15, 0.2) is 6.61 Å². The maximum absolute atomic E-state index is 11.7. The Morgan fingerprint density at radius 3 is 2.45 bits per heavy atom. The normalized spacial score (nSPS) is 10.0. The van der Waals surface area contributed by atoms with Gasteiger partial charge in [0.25, 0.3) is 5.91 Å². The number of carbonyl (C=O) groups excluding carboxylic acids is 3. The number of ether oxygens (including phenoxy) is 1. The first-order valence-corrected chi connectivity index (χ1v) is 7.30. The third-order valence-corrected chi connectivity index (χ3v) is 3.59. The minimum absolute atomic E-state index is 0.151. The molecule has 1 heterocycles. The summed E-state index contributed by atoms with van der Waals surface area (Å²) in [5, 5.41) is 4.42. The SMILES string of the molecule is NC(=O)c1ccc(NC(=O)COC(=O)Cc2cccs2)cc1. The van der Waals surface area contributed by atoms with Crippen molar-refractivity contribution in [3.8, 4) is 0 Å². The van der Waals surface area contributed by atoms with Crippen LogP contribution in [0.4, 0.5) is 5.69 Å². The van der Waals surface area contributed by atoms with Gasteiger partial charge in [-0.25, -0.2) is 0 Å². The van der Waals surface area contributed by atoms with E-state index in [-0.39, 0.29) is 13.0 Å². The van der Waals surface area contributed by atoms with Crippen LogP contribution in [0.15, 0.2) is 41.8 Å². The van der Waals surface area contributed by atoms with Crippen LogP contribution in [0, 0.1) is 0 Å². The summed E-state index contributed by atoms with van der Waals surface area (Å²) in [7, 11) is 0. The Hall–Kier alpha value is -2.67. The highest BCUT2D eigenvalue weighted by atomic mass is 32.1. The standard InChI is InChI=1S/C15H14N2O4S/c16-15(20)10-3-5-11(6-4-10)17-13(18)9-21-14(19)8-12-2-1-7-22-12/h1-7H,8-9H2,(H2,16,20)(H,17,18). The molecule has 2 amide bonds. The van der Waals surface area contributed by atoms with E-state index in [1.807, 2.05) is 17.5 Å². The summed E-state index contributed by atoms with van der Waals surface area (Å²) in [6, 6.07) is 9.76. The molecular formula is C15H14N2O4S. The monoisotopic (exact) mass is 318 g/mol. The number of carbonyl (C=O) groups is 3. The van der Waals surface area contributed by atoms with E-state index in [0.717, 1.165) is 4.88 Å². The molecule has 2 aromatic rings. The third-order valence-electron chi connectivity index (χ3n) is 2.72. The van der Waals surface area contributed by atoms with E-state index in [1.165, 1.54) is 23.5 Å². The topological polar surface area (TPSA) is 98.5 Å². The summed E-state index contributed by atoms with van der Waals surface area (Å²) in [6.07, 6.45) is 0.151. The highest BCUT2D eigenvalue weighted by molar-refractivity contribution is 7.10.